The molecule has 4 nitrogen and oxygen atoms in total. The highest BCUT2D eigenvalue weighted by Gasteiger charge is 2.16. The zero-order valence-corrected chi connectivity index (χ0v) is 11.3. The average molecular weight is 274 g/mol. The summed E-state index contributed by atoms with van der Waals surface area (Å²) in [7, 11) is 0. The second-order valence-electron chi connectivity index (χ2n) is 4.22. The highest BCUT2D eigenvalue weighted by molar-refractivity contribution is 6.05. The number of rotatable bonds is 4. The van der Waals surface area contributed by atoms with Crippen molar-refractivity contribution in [3.63, 3.8) is 0 Å². The molecule has 104 valence electrons. The van der Waals surface area contributed by atoms with Crippen molar-refractivity contribution in [2.75, 3.05) is 11.9 Å². The maximum Gasteiger partial charge on any atom is 0.260 e. The van der Waals surface area contributed by atoms with Gasteiger partial charge in [0.25, 0.3) is 5.91 Å². The van der Waals surface area contributed by atoms with Crippen LogP contribution in [0.1, 0.15) is 22.8 Å². The molecule has 1 aromatic carbocycles. The van der Waals surface area contributed by atoms with Gasteiger partial charge in [-0.2, -0.15) is 0 Å². The number of halogens is 1. The van der Waals surface area contributed by atoms with E-state index in [-0.39, 0.29) is 17.9 Å². The fourth-order valence-electron chi connectivity index (χ4n) is 1.70. The van der Waals surface area contributed by atoms with E-state index in [2.05, 4.69) is 10.3 Å². The molecule has 0 saturated heterocycles. The van der Waals surface area contributed by atoms with Gasteiger partial charge in [0.15, 0.2) is 11.6 Å². The molecular formula is C15H15FN2O2. The van der Waals surface area contributed by atoms with E-state index in [0.717, 1.165) is 5.56 Å². The molecule has 0 radical (unpaired) electrons. The van der Waals surface area contributed by atoms with Crippen molar-refractivity contribution >= 4 is 11.7 Å². The lowest BCUT2D eigenvalue weighted by Crippen LogP contribution is -2.15. The number of ether oxygens (including phenoxy) is 1. The maximum absolute atomic E-state index is 13.7. The van der Waals surface area contributed by atoms with Gasteiger partial charge < -0.3 is 10.1 Å². The van der Waals surface area contributed by atoms with Crippen LogP contribution < -0.4 is 10.1 Å². The summed E-state index contributed by atoms with van der Waals surface area (Å²) in [4.78, 5) is 16.2. The number of benzene rings is 1. The number of carbonyl (C=O) groups excluding carboxylic acids is 1. The van der Waals surface area contributed by atoms with E-state index in [1.54, 1.807) is 19.2 Å². The lowest BCUT2D eigenvalue weighted by atomic mass is 10.1. The second kappa shape index (κ2) is 6.14. The summed E-state index contributed by atoms with van der Waals surface area (Å²) in [5, 5.41) is 2.61. The van der Waals surface area contributed by atoms with Crippen molar-refractivity contribution in [1.29, 1.82) is 0 Å². The summed E-state index contributed by atoms with van der Waals surface area (Å²) in [5.41, 5.74) is 1.14. The molecule has 0 saturated carbocycles. The minimum absolute atomic E-state index is 0.0420. The lowest BCUT2D eigenvalue weighted by Gasteiger charge is -2.11. The molecule has 0 spiro atoms. The first-order valence-electron chi connectivity index (χ1n) is 6.27. The molecule has 2 rings (SSSR count). The number of aryl methyl sites for hydroxylation is 1. The van der Waals surface area contributed by atoms with Crippen LogP contribution in [-0.4, -0.2) is 17.5 Å². The number of hydrogen-bond acceptors (Lipinski definition) is 3. The van der Waals surface area contributed by atoms with E-state index in [9.17, 15) is 9.18 Å². The monoisotopic (exact) mass is 274 g/mol. The third kappa shape index (κ3) is 3.12. The topological polar surface area (TPSA) is 51.2 Å². The molecule has 0 aliphatic carbocycles. The van der Waals surface area contributed by atoms with Crippen LogP contribution in [0.2, 0.25) is 0 Å². The summed E-state index contributed by atoms with van der Waals surface area (Å²) in [6.07, 6.45) is 1.64. The number of para-hydroxylation sites is 1. The van der Waals surface area contributed by atoms with Crippen molar-refractivity contribution in [2.45, 2.75) is 13.8 Å². The molecule has 1 heterocycles. The highest BCUT2D eigenvalue weighted by Crippen LogP contribution is 2.23. The van der Waals surface area contributed by atoms with Crippen molar-refractivity contribution < 1.29 is 13.9 Å². The third-order valence-corrected chi connectivity index (χ3v) is 2.65. The molecule has 0 fully saturated rings. The van der Waals surface area contributed by atoms with Gasteiger partial charge in [0, 0.05) is 6.20 Å². The molecule has 1 N–H and O–H groups in total. The largest absolute Gasteiger partial charge is 0.490 e. The number of anilines is 1. The number of carbonyl (C=O) groups is 1. The Balaban J connectivity index is 2.25. The predicted molar refractivity (Wildman–Crippen MR) is 74.5 cm³/mol. The van der Waals surface area contributed by atoms with Crippen LogP contribution >= 0.6 is 0 Å². The molecular weight excluding hydrogens is 259 g/mol. The third-order valence-electron chi connectivity index (χ3n) is 2.65. The Hall–Kier alpha value is -2.43. The van der Waals surface area contributed by atoms with Crippen LogP contribution in [0, 0.1) is 12.7 Å². The fraction of sp³-hybridized carbons (Fsp3) is 0.200. The summed E-state index contributed by atoms with van der Waals surface area (Å²) in [6.45, 7) is 3.91. The van der Waals surface area contributed by atoms with E-state index in [0.29, 0.717) is 5.82 Å². The van der Waals surface area contributed by atoms with E-state index < -0.39 is 11.7 Å². The van der Waals surface area contributed by atoms with Gasteiger partial charge in [-0.25, -0.2) is 9.37 Å². The van der Waals surface area contributed by atoms with E-state index in [1.165, 1.54) is 18.2 Å². The maximum atomic E-state index is 13.7. The van der Waals surface area contributed by atoms with Crippen LogP contribution in [0.5, 0.6) is 5.75 Å². The second-order valence-corrected chi connectivity index (χ2v) is 4.22. The van der Waals surface area contributed by atoms with E-state index >= 15 is 0 Å². The molecule has 5 heteroatoms. The predicted octanol–water partition coefficient (Wildman–Crippen LogP) is 3.18. The number of nitrogens with one attached hydrogen (secondary N) is 1. The quantitative estimate of drug-likeness (QED) is 0.931. The van der Waals surface area contributed by atoms with Gasteiger partial charge in [-0.1, -0.05) is 12.1 Å². The first-order chi connectivity index (χ1) is 9.61. The Kier molecular flexibility index (Phi) is 4.30. The van der Waals surface area contributed by atoms with Crippen LogP contribution in [-0.2, 0) is 0 Å². The smallest absolute Gasteiger partial charge is 0.260 e. The van der Waals surface area contributed by atoms with Crippen LogP contribution in [0.25, 0.3) is 0 Å². The molecule has 0 aliphatic rings. The standard InChI is InChI=1S/C15H15FN2O2/c1-3-20-14-11(5-4-6-12(14)16)15(19)18-13-8-7-10(2)9-17-13/h4-9H,3H2,1-2H3,(H,17,18,19). The molecule has 1 amide bonds. The Morgan fingerprint density at radius 3 is 2.80 bits per heavy atom. The van der Waals surface area contributed by atoms with E-state index in [4.69, 9.17) is 4.74 Å². The SMILES string of the molecule is CCOc1c(F)cccc1C(=O)Nc1ccc(C)cn1. The Morgan fingerprint density at radius 1 is 1.35 bits per heavy atom. The van der Waals surface area contributed by atoms with Gasteiger partial charge in [-0.15, -0.1) is 0 Å². The molecule has 20 heavy (non-hydrogen) atoms. The number of hydrogen-bond donors (Lipinski definition) is 1. The molecule has 0 unspecified atom stereocenters. The van der Waals surface area contributed by atoms with Gasteiger partial charge in [0.1, 0.15) is 5.82 Å². The molecule has 0 atom stereocenters. The fourth-order valence-corrected chi connectivity index (χ4v) is 1.70. The zero-order chi connectivity index (χ0) is 14.5. The van der Waals surface area contributed by atoms with Crippen LogP contribution in [0.3, 0.4) is 0 Å². The minimum atomic E-state index is -0.559. The van der Waals surface area contributed by atoms with Crippen molar-refractivity contribution in [3.8, 4) is 5.75 Å². The van der Waals surface area contributed by atoms with Gasteiger partial charge in [-0.05, 0) is 37.6 Å². The molecule has 0 aliphatic heterocycles. The van der Waals surface area contributed by atoms with Crippen molar-refractivity contribution in [3.05, 3.63) is 53.5 Å². The average Bonchev–Trinajstić information content (AvgIpc) is 2.43. The summed E-state index contributed by atoms with van der Waals surface area (Å²) in [5.74, 6) is -0.646. The lowest BCUT2D eigenvalue weighted by molar-refractivity contribution is 0.102. The summed E-state index contributed by atoms with van der Waals surface area (Å²) >= 11 is 0. The Labute approximate surface area is 116 Å². The first kappa shape index (κ1) is 14.0. The number of nitrogens with zero attached hydrogens (tertiary/aromatic N) is 1. The minimum Gasteiger partial charge on any atom is -0.490 e. The number of pyridine rings is 1. The van der Waals surface area contributed by atoms with Gasteiger partial charge in [0.05, 0.1) is 12.2 Å². The van der Waals surface area contributed by atoms with Crippen molar-refractivity contribution in [1.82, 2.24) is 4.98 Å². The van der Waals surface area contributed by atoms with Crippen molar-refractivity contribution in [2.24, 2.45) is 0 Å². The van der Waals surface area contributed by atoms with Crippen LogP contribution in [0.4, 0.5) is 10.2 Å². The van der Waals surface area contributed by atoms with Gasteiger partial charge in [-0.3, -0.25) is 4.79 Å². The number of aromatic nitrogens is 1. The van der Waals surface area contributed by atoms with E-state index in [1.807, 2.05) is 13.0 Å². The first-order valence-corrected chi connectivity index (χ1v) is 6.27. The molecule has 2 aromatic rings. The van der Waals surface area contributed by atoms with Gasteiger partial charge >= 0.3 is 0 Å². The van der Waals surface area contributed by atoms with Gasteiger partial charge in [0.2, 0.25) is 0 Å². The summed E-state index contributed by atoms with van der Waals surface area (Å²) in [6, 6.07) is 7.75. The molecule has 1 aromatic heterocycles. The summed E-state index contributed by atoms with van der Waals surface area (Å²) < 4.78 is 18.9. The zero-order valence-electron chi connectivity index (χ0n) is 11.3. The van der Waals surface area contributed by atoms with Crippen LogP contribution in [0.15, 0.2) is 36.5 Å². The Morgan fingerprint density at radius 2 is 2.15 bits per heavy atom. The highest BCUT2D eigenvalue weighted by atomic mass is 19.1. The number of amides is 1. The normalized spacial score (nSPS) is 10.2. The molecule has 0 bridgehead atoms. The Bertz CT molecular complexity index is 612.